The topological polar surface area (TPSA) is 66.7 Å². The number of thiazole rings is 1. The Morgan fingerprint density at radius 3 is 2.56 bits per heavy atom. The van der Waals surface area contributed by atoms with Gasteiger partial charge in [-0.25, -0.2) is 14.2 Å². The molecule has 0 saturated heterocycles. The Kier molecular flexibility index (Phi) is 7.68. The van der Waals surface area contributed by atoms with E-state index in [2.05, 4.69) is 23.7 Å². The van der Waals surface area contributed by atoms with E-state index >= 15 is 0 Å². The fraction of sp³-hybridized carbons (Fsp3) is 0.222. The van der Waals surface area contributed by atoms with Crippen molar-refractivity contribution >= 4 is 66.7 Å². The van der Waals surface area contributed by atoms with Crippen LogP contribution in [0.1, 0.15) is 24.2 Å². The zero-order valence-corrected chi connectivity index (χ0v) is 21.5. The van der Waals surface area contributed by atoms with Gasteiger partial charge in [0.1, 0.15) is 17.0 Å². The molecular formula is C27H25ClFN3O3S. The maximum absolute atomic E-state index is 13.8. The summed E-state index contributed by atoms with van der Waals surface area (Å²) in [5.74, 6) is -0.851. The number of carbonyl (C=O) groups is 1. The summed E-state index contributed by atoms with van der Waals surface area (Å²) < 4.78 is 20.0. The molecule has 3 aromatic carbocycles. The van der Waals surface area contributed by atoms with Crippen LogP contribution in [0, 0.1) is 5.82 Å². The molecule has 0 aliphatic heterocycles. The van der Waals surface area contributed by atoms with Crippen LogP contribution >= 0.6 is 23.7 Å². The fourth-order valence-corrected chi connectivity index (χ4v) is 5.25. The normalized spacial score (nSPS) is 11.3. The molecule has 0 bridgehead atoms. The molecule has 0 atom stereocenters. The summed E-state index contributed by atoms with van der Waals surface area (Å²) in [5.41, 5.74) is 0.274. The van der Waals surface area contributed by atoms with Gasteiger partial charge in [0.15, 0.2) is 5.13 Å². The molecule has 2 heterocycles. The summed E-state index contributed by atoms with van der Waals surface area (Å²) in [4.78, 5) is 35.0. The van der Waals surface area contributed by atoms with Crippen molar-refractivity contribution in [1.82, 2.24) is 9.88 Å². The minimum absolute atomic E-state index is 0. The molecule has 186 valence electrons. The number of anilines is 1. The van der Waals surface area contributed by atoms with Gasteiger partial charge in [0.25, 0.3) is 5.91 Å². The van der Waals surface area contributed by atoms with Crippen LogP contribution in [0.2, 0.25) is 0 Å². The molecule has 0 aliphatic rings. The van der Waals surface area contributed by atoms with Gasteiger partial charge in [-0.2, -0.15) is 0 Å². The molecule has 5 rings (SSSR count). The highest BCUT2D eigenvalue weighted by molar-refractivity contribution is 7.22. The van der Waals surface area contributed by atoms with E-state index in [-0.39, 0.29) is 23.8 Å². The van der Waals surface area contributed by atoms with Crippen molar-refractivity contribution in [3.8, 4) is 0 Å². The number of likely N-dealkylation sites (N-methyl/N-ethyl adjacent to an activating group) is 1. The summed E-state index contributed by atoms with van der Waals surface area (Å²) in [7, 11) is 0. The highest BCUT2D eigenvalue weighted by Crippen LogP contribution is 2.31. The molecule has 2 aromatic heterocycles. The molecule has 0 radical (unpaired) electrons. The molecule has 36 heavy (non-hydrogen) atoms. The Hall–Kier alpha value is -3.33. The summed E-state index contributed by atoms with van der Waals surface area (Å²) in [5, 5.41) is 2.99. The average molecular weight is 526 g/mol. The third kappa shape index (κ3) is 4.84. The highest BCUT2D eigenvalue weighted by Gasteiger charge is 2.25. The van der Waals surface area contributed by atoms with Crippen LogP contribution in [-0.4, -0.2) is 42.0 Å². The van der Waals surface area contributed by atoms with Crippen LogP contribution in [0.5, 0.6) is 0 Å². The number of hydrogen-bond acceptors (Lipinski definition) is 6. The van der Waals surface area contributed by atoms with E-state index in [0.717, 1.165) is 23.9 Å². The summed E-state index contributed by atoms with van der Waals surface area (Å²) >= 11 is 1.22. The Morgan fingerprint density at radius 2 is 1.78 bits per heavy atom. The number of rotatable bonds is 7. The van der Waals surface area contributed by atoms with Crippen LogP contribution in [0.4, 0.5) is 9.52 Å². The first kappa shape index (κ1) is 25.8. The van der Waals surface area contributed by atoms with Gasteiger partial charge in [-0.05, 0) is 54.2 Å². The van der Waals surface area contributed by atoms with E-state index in [1.54, 1.807) is 18.2 Å². The molecular weight excluding hydrogens is 501 g/mol. The standard InChI is InChI=1S/C27H24FN3O3S.ClH/c1-3-30(4-2)13-14-31(27-29-22-11-10-18(28)15-24(22)35-27)25(32)21-16-20-19-8-6-5-7-17(19)9-12-23(20)34-26(21)33;/h5-12,15-16H,3-4,13-14H2,1-2H3;1H. The Labute approximate surface area is 217 Å². The molecule has 0 spiro atoms. The molecule has 0 N–H and O–H groups in total. The summed E-state index contributed by atoms with van der Waals surface area (Å²) in [6.07, 6.45) is 0. The van der Waals surface area contributed by atoms with Crippen LogP contribution in [0.3, 0.4) is 0 Å². The van der Waals surface area contributed by atoms with Gasteiger partial charge in [0, 0.05) is 18.5 Å². The lowest BCUT2D eigenvalue weighted by molar-refractivity contribution is 0.0980. The van der Waals surface area contributed by atoms with Crippen molar-refractivity contribution in [1.29, 1.82) is 0 Å². The molecule has 9 heteroatoms. The number of hydrogen-bond donors (Lipinski definition) is 0. The smallest absolute Gasteiger partial charge is 0.349 e. The maximum atomic E-state index is 13.8. The second-order valence-electron chi connectivity index (χ2n) is 8.24. The second-order valence-corrected chi connectivity index (χ2v) is 9.25. The minimum Gasteiger partial charge on any atom is -0.422 e. The van der Waals surface area contributed by atoms with E-state index in [9.17, 15) is 14.0 Å². The predicted octanol–water partition coefficient (Wildman–Crippen LogP) is 6.11. The van der Waals surface area contributed by atoms with Crippen molar-refractivity contribution in [2.24, 2.45) is 0 Å². The zero-order valence-electron chi connectivity index (χ0n) is 19.9. The number of carbonyl (C=O) groups excluding carboxylic acids is 1. The molecule has 6 nitrogen and oxygen atoms in total. The number of amides is 1. The minimum atomic E-state index is -0.697. The predicted molar refractivity (Wildman–Crippen MR) is 146 cm³/mol. The number of nitrogens with zero attached hydrogens (tertiary/aromatic N) is 3. The van der Waals surface area contributed by atoms with Crippen molar-refractivity contribution in [3.63, 3.8) is 0 Å². The Balaban J connectivity index is 0.00000304. The molecule has 0 fully saturated rings. The highest BCUT2D eigenvalue weighted by atomic mass is 35.5. The Morgan fingerprint density at radius 1 is 1.00 bits per heavy atom. The van der Waals surface area contributed by atoms with Crippen LogP contribution in [-0.2, 0) is 0 Å². The van der Waals surface area contributed by atoms with Crippen molar-refractivity contribution < 1.29 is 13.6 Å². The first-order valence-electron chi connectivity index (χ1n) is 11.5. The van der Waals surface area contributed by atoms with Crippen molar-refractivity contribution in [2.75, 3.05) is 31.1 Å². The first-order chi connectivity index (χ1) is 17.0. The summed E-state index contributed by atoms with van der Waals surface area (Å²) in [6, 6.07) is 17.3. The number of aromatic nitrogens is 1. The van der Waals surface area contributed by atoms with Crippen molar-refractivity contribution in [3.05, 3.63) is 82.5 Å². The number of benzene rings is 3. The summed E-state index contributed by atoms with van der Waals surface area (Å²) in [6.45, 7) is 6.69. The fourth-order valence-electron chi connectivity index (χ4n) is 4.23. The van der Waals surface area contributed by atoms with Crippen LogP contribution in [0.25, 0.3) is 32.0 Å². The Bertz CT molecular complexity index is 1610. The lowest BCUT2D eigenvalue weighted by Gasteiger charge is -2.24. The molecule has 0 unspecified atom stereocenters. The third-order valence-electron chi connectivity index (χ3n) is 6.22. The zero-order chi connectivity index (χ0) is 24.5. The molecule has 0 saturated carbocycles. The van der Waals surface area contributed by atoms with Gasteiger partial charge in [-0.15, -0.1) is 12.4 Å². The van der Waals surface area contributed by atoms with Gasteiger partial charge in [0.2, 0.25) is 0 Å². The van der Waals surface area contributed by atoms with E-state index in [1.807, 2.05) is 30.3 Å². The van der Waals surface area contributed by atoms with Gasteiger partial charge in [-0.1, -0.05) is 55.5 Å². The van der Waals surface area contributed by atoms with Crippen LogP contribution < -0.4 is 10.5 Å². The van der Waals surface area contributed by atoms with Gasteiger partial charge in [-0.3, -0.25) is 9.69 Å². The van der Waals surface area contributed by atoms with Gasteiger partial charge >= 0.3 is 5.63 Å². The number of fused-ring (bicyclic) bond motifs is 4. The van der Waals surface area contributed by atoms with Gasteiger partial charge in [0.05, 0.1) is 10.2 Å². The monoisotopic (exact) mass is 525 g/mol. The molecule has 0 aliphatic carbocycles. The number of halogens is 2. The van der Waals surface area contributed by atoms with E-state index < -0.39 is 11.5 Å². The third-order valence-corrected chi connectivity index (χ3v) is 7.26. The van der Waals surface area contributed by atoms with Gasteiger partial charge < -0.3 is 9.32 Å². The molecule has 1 amide bonds. The lowest BCUT2D eigenvalue weighted by Crippen LogP contribution is -2.40. The first-order valence-corrected chi connectivity index (χ1v) is 12.4. The quantitative estimate of drug-likeness (QED) is 0.189. The average Bonchev–Trinajstić information content (AvgIpc) is 3.28. The SMILES string of the molecule is CCN(CC)CCN(C(=O)c1cc2c(ccc3ccccc32)oc1=O)c1nc2ccc(F)cc2s1.Cl. The lowest BCUT2D eigenvalue weighted by atomic mass is 10.0. The van der Waals surface area contributed by atoms with Crippen LogP contribution in [0.15, 0.2) is 69.9 Å². The van der Waals surface area contributed by atoms with Crippen molar-refractivity contribution in [2.45, 2.75) is 13.8 Å². The molecule has 5 aromatic rings. The maximum Gasteiger partial charge on any atom is 0.349 e. The van der Waals surface area contributed by atoms with E-state index in [4.69, 9.17) is 4.42 Å². The van der Waals surface area contributed by atoms with E-state index in [0.29, 0.717) is 39.4 Å². The van der Waals surface area contributed by atoms with E-state index in [1.165, 1.54) is 28.4 Å². The second kappa shape index (κ2) is 10.7. The largest absolute Gasteiger partial charge is 0.422 e.